The topological polar surface area (TPSA) is 19.0 Å². The summed E-state index contributed by atoms with van der Waals surface area (Å²) >= 11 is 0. The van der Waals surface area contributed by atoms with Crippen molar-refractivity contribution in [2.45, 2.75) is 38.4 Å². The monoisotopic (exact) mass is 348 g/mol. The van der Waals surface area contributed by atoms with Gasteiger partial charge in [0.15, 0.2) is 0 Å². The van der Waals surface area contributed by atoms with E-state index in [0.717, 1.165) is 36.7 Å². The van der Waals surface area contributed by atoms with E-state index in [1.807, 2.05) is 6.20 Å². The molecule has 1 N–H and O–H groups in total. The summed E-state index contributed by atoms with van der Waals surface area (Å²) < 4.78 is 39.0. The van der Waals surface area contributed by atoms with Gasteiger partial charge in [-0.1, -0.05) is 25.5 Å². The van der Waals surface area contributed by atoms with E-state index in [0.29, 0.717) is 23.3 Å². The van der Waals surface area contributed by atoms with E-state index >= 15 is 0 Å². The maximum absolute atomic E-state index is 13.0. The summed E-state index contributed by atoms with van der Waals surface area (Å²) in [5.41, 5.74) is 1.17. The van der Waals surface area contributed by atoms with Gasteiger partial charge in [-0.15, -0.1) is 0 Å². The second-order valence-corrected chi connectivity index (χ2v) is 7.36. The highest BCUT2D eigenvalue weighted by Gasteiger charge is 2.36. The summed E-state index contributed by atoms with van der Waals surface area (Å²) in [5, 5.41) is 0.694. The Hall–Kier alpha value is -1.75. The zero-order valence-corrected chi connectivity index (χ0v) is 14.3. The van der Waals surface area contributed by atoms with E-state index in [1.54, 1.807) is 0 Å². The zero-order chi connectivity index (χ0) is 17.6. The number of aromatic nitrogens is 1. The Morgan fingerprint density at radius 3 is 2.80 bits per heavy atom. The first kappa shape index (κ1) is 16.7. The summed E-state index contributed by atoms with van der Waals surface area (Å²) in [5.74, 6) is 1.35. The Kier molecular flexibility index (Phi) is 4.14. The van der Waals surface area contributed by atoms with Gasteiger partial charge >= 0.3 is 6.18 Å². The lowest BCUT2D eigenvalue weighted by Crippen LogP contribution is -2.50. The van der Waals surface area contributed by atoms with Gasteiger partial charge in [0, 0.05) is 36.2 Å². The summed E-state index contributed by atoms with van der Waals surface area (Å²) in [7, 11) is 0. The van der Waals surface area contributed by atoms with Crippen LogP contribution in [0.4, 0.5) is 13.2 Å². The van der Waals surface area contributed by atoms with Gasteiger partial charge in [0.1, 0.15) is 0 Å². The molecule has 5 heteroatoms. The number of benzene rings is 1. The zero-order valence-electron chi connectivity index (χ0n) is 14.3. The molecule has 2 nitrogen and oxygen atoms in total. The number of hydrogen-bond donors (Lipinski definition) is 1. The molecule has 3 aliphatic rings. The van der Waals surface area contributed by atoms with E-state index < -0.39 is 11.7 Å². The largest absolute Gasteiger partial charge is 0.416 e. The molecule has 134 valence electrons. The van der Waals surface area contributed by atoms with E-state index in [1.165, 1.54) is 25.0 Å². The molecule has 1 saturated heterocycles. The minimum atomic E-state index is -4.30. The molecule has 2 aromatic rings. The molecular formula is C20H23F3N2. The number of nitrogens with one attached hydrogen (secondary N) is 1. The van der Waals surface area contributed by atoms with Crippen molar-refractivity contribution in [2.75, 3.05) is 13.1 Å². The Bertz CT molecular complexity index is 790. The number of hydrogen-bond acceptors (Lipinski definition) is 1. The van der Waals surface area contributed by atoms with Crippen LogP contribution in [0.5, 0.6) is 0 Å². The van der Waals surface area contributed by atoms with Crippen molar-refractivity contribution in [1.29, 1.82) is 0 Å². The Morgan fingerprint density at radius 1 is 1.24 bits per heavy atom. The number of nitrogens with zero attached hydrogens (tertiary/aromatic N) is 1. The molecule has 3 unspecified atom stereocenters. The summed E-state index contributed by atoms with van der Waals surface area (Å²) in [6.07, 6.45) is 5.47. The molecule has 0 radical (unpaired) electrons. The normalized spacial score (nSPS) is 26.6. The van der Waals surface area contributed by atoms with Crippen molar-refractivity contribution in [3.05, 3.63) is 47.7 Å². The van der Waals surface area contributed by atoms with Gasteiger partial charge in [-0.05, 0) is 48.4 Å². The predicted molar refractivity (Wildman–Crippen MR) is 93.4 cm³/mol. The van der Waals surface area contributed by atoms with Crippen LogP contribution in [-0.4, -0.2) is 29.0 Å². The van der Waals surface area contributed by atoms with Crippen LogP contribution >= 0.6 is 0 Å². The van der Waals surface area contributed by atoms with Gasteiger partial charge < -0.3 is 4.98 Å². The van der Waals surface area contributed by atoms with Crippen molar-refractivity contribution in [2.24, 2.45) is 11.8 Å². The van der Waals surface area contributed by atoms with Crippen molar-refractivity contribution in [3.63, 3.8) is 0 Å². The molecule has 3 atom stereocenters. The predicted octanol–water partition coefficient (Wildman–Crippen LogP) is 5.02. The van der Waals surface area contributed by atoms with Crippen LogP contribution < -0.4 is 0 Å². The van der Waals surface area contributed by atoms with E-state index in [4.69, 9.17) is 0 Å². The highest BCUT2D eigenvalue weighted by molar-refractivity contribution is 5.84. The molecule has 0 amide bonds. The lowest BCUT2D eigenvalue weighted by molar-refractivity contribution is -0.137. The summed E-state index contributed by atoms with van der Waals surface area (Å²) in [6.45, 7) is 4.22. The Balaban J connectivity index is 1.53. The number of H-pyrrole nitrogens is 1. The van der Waals surface area contributed by atoms with Crippen LogP contribution in [0.3, 0.4) is 0 Å². The number of rotatable bonds is 4. The average Bonchev–Trinajstić information content (AvgIpc) is 3.02. The van der Waals surface area contributed by atoms with Gasteiger partial charge in [0.05, 0.1) is 5.56 Å². The third-order valence-electron chi connectivity index (χ3n) is 5.85. The quantitative estimate of drug-likeness (QED) is 0.769. The van der Waals surface area contributed by atoms with Gasteiger partial charge in [0.25, 0.3) is 0 Å². The third-order valence-corrected chi connectivity index (χ3v) is 5.85. The van der Waals surface area contributed by atoms with Crippen LogP contribution in [-0.2, 0) is 12.6 Å². The third kappa shape index (κ3) is 3.10. The van der Waals surface area contributed by atoms with Gasteiger partial charge in [0.2, 0.25) is 0 Å². The Labute approximate surface area is 145 Å². The lowest BCUT2D eigenvalue weighted by atomic mass is 9.76. The highest BCUT2D eigenvalue weighted by atomic mass is 19.4. The first-order chi connectivity index (χ1) is 12.0. The molecule has 1 aromatic heterocycles. The summed E-state index contributed by atoms with van der Waals surface area (Å²) in [6, 6.07) is 4.44. The number of alkyl halides is 3. The molecule has 2 bridgehead atoms. The number of halogens is 3. The summed E-state index contributed by atoms with van der Waals surface area (Å²) in [4.78, 5) is 5.62. The van der Waals surface area contributed by atoms with Crippen molar-refractivity contribution in [1.82, 2.24) is 9.88 Å². The first-order valence-electron chi connectivity index (χ1n) is 9.05. The lowest BCUT2D eigenvalue weighted by Gasteiger charge is -2.46. The van der Waals surface area contributed by atoms with Crippen molar-refractivity contribution >= 4 is 10.9 Å². The van der Waals surface area contributed by atoms with E-state index in [9.17, 15) is 13.2 Å². The molecule has 1 aromatic carbocycles. The molecule has 0 spiro atoms. The minimum absolute atomic E-state index is 0.492. The van der Waals surface area contributed by atoms with Gasteiger partial charge in [-0.3, -0.25) is 4.90 Å². The molecule has 5 rings (SSSR count). The Morgan fingerprint density at radius 2 is 2.08 bits per heavy atom. The van der Waals surface area contributed by atoms with E-state index in [-0.39, 0.29) is 0 Å². The smallest absolute Gasteiger partial charge is 0.361 e. The average molecular weight is 348 g/mol. The second-order valence-electron chi connectivity index (χ2n) is 7.36. The molecule has 25 heavy (non-hydrogen) atoms. The molecule has 3 heterocycles. The number of aromatic amines is 1. The standard InChI is InChI=1S/C20H23F3N2/c1-2-14-9-13-3-6-19(14)25(12-13)8-7-15-11-24-18-5-4-16(10-17(15)18)20(21,22)23/h3-6,10-11,13-14,19,24H,2,7-9,12H2,1H3. The van der Waals surface area contributed by atoms with Crippen molar-refractivity contribution < 1.29 is 13.2 Å². The molecule has 1 aliphatic carbocycles. The minimum Gasteiger partial charge on any atom is -0.361 e. The van der Waals surface area contributed by atoms with Gasteiger partial charge in [-0.25, -0.2) is 0 Å². The molecule has 0 saturated carbocycles. The van der Waals surface area contributed by atoms with Crippen LogP contribution in [0.2, 0.25) is 0 Å². The molecule has 2 aliphatic heterocycles. The second kappa shape index (κ2) is 6.20. The molecular weight excluding hydrogens is 325 g/mol. The number of fused-ring (bicyclic) bond motifs is 3. The van der Waals surface area contributed by atoms with Gasteiger partial charge in [-0.2, -0.15) is 13.2 Å². The fourth-order valence-corrected chi connectivity index (χ4v) is 4.49. The fourth-order valence-electron chi connectivity index (χ4n) is 4.49. The molecule has 1 fully saturated rings. The van der Waals surface area contributed by atoms with Crippen molar-refractivity contribution in [3.8, 4) is 0 Å². The van der Waals surface area contributed by atoms with Crippen LogP contribution in [0.1, 0.15) is 30.9 Å². The fraction of sp³-hybridized carbons (Fsp3) is 0.500. The maximum Gasteiger partial charge on any atom is 0.416 e. The maximum atomic E-state index is 13.0. The SMILES string of the molecule is CCC1CC2C=CC1N(CCc1c[nH]c3ccc(C(F)(F)F)cc13)C2. The van der Waals surface area contributed by atoms with E-state index in [2.05, 4.69) is 29.0 Å². The van der Waals surface area contributed by atoms with Crippen LogP contribution in [0.25, 0.3) is 10.9 Å². The van der Waals surface area contributed by atoms with Crippen LogP contribution in [0, 0.1) is 11.8 Å². The highest BCUT2D eigenvalue weighted by Crippen LogP contribution is 2.36. The first-order valence-corrected chi connectivity index (χ1v) is 9.05. The number of piperidine rings is 1. The van der Waals surface area contributed by atoms with Crippen LogP contribution in [0.15, 0.2) is 36.5 Å².